The molecule has 0 spiro atoms. The van der Waals surface area contributed by atoms with Gasteiger partial charge in [0.1, 0.15) is 5.65 Å². The van der Waals surface area contributed by atoms with Crippen LogP contribution >= 0.6 is 0 Å². The van der Waals surface area contributed by atoms with Crippen LogP contribution < -0.4 is 5.32 Å². The number of nitrogens with one attached hydrogen (secondary N) is 2. The van der Waals surface area contributed by atoms with Crippen LogP contribution in [-0.4, -0.2) is 83.6 Å². The first kappa shape index (κ1) is 21.1. The van der Waals surface area contributed by atoms with Crippen LogP contribution in [0.4, 0.5) is 14.7 Å². The minimum Gasteiger partial charge on any atom is -0.352 e. The molecular formula is C21H24F2N6O2. The summed E-state index contributed by atoms with van der Waals surface area (Å²) in [4.78, 5) is 28.5. The Hall–Kier alpha value is -3.11. The normalized spacial score (nSPS) is 15.0. The van der Waals surface area contributed by atoms with E-state index in [1.165, 1.54) is 0 Å². The molecule has 2 aromatic heterocycles. The lowest BCUT2D eigenvalue weighted by atomic mass is 10.0. The summed E-state index contributed by atoms with van der Waals surface area (Å²) in [6, 6.07) is 7.52. The number of alkyl halides is 2. The Kier molecular flexibility index (Phi) is 6.38. The summed E-state index contributed by atoms with van der Waals surface area (Å²) in [6.07, 6.45) is 3.51. The van der Waals surface area contributed by atoms with Crippen molar-refractivity contribution in [1.82, 2.24) is 24.8 Å². The van der Waals surface area contributed by atoms with Crippen molar-refractivity contribution in [3.63, 3.8) is 0 Å². The number of nitrogens with zero attached hydrogens (tertiary/aromatic N) is 4. The third kappa shape index (κ3) is 4.97. The molecule has 1 aromatic carbocycles. The van der Waals surface area contributed by atoms with E-state index in [1.807, 2.05) is 35.4 Å². The van der Waals surface area contributed by atoms with Crippen LogP contribution in [0.5, 0.6) is 0 Å². The van der Waals surface area contributed by atoms with Gasteiger partial charge in [0, 0.05) is 61.6 Å². The molecule has 10 heteroatoms. The number of fused-ring (bicyclic) bond motifs is 1. The molecule has 3 heterocycles. The maximum Gasteiger partial charge on any atom is 0.345 e. The topological polar surface area (TPSA) is 86.4 Å². The lowest BCUT2D eigenvalue weighted by Crippen LogP contribution is -2.47. The zero-order chi connectivity index (χ0) is 21.8. The van der Waals surface area contributed by atoms with Crippen LogP contribution in [-0.2, 0) is 4.74 Å². The number of carbonyl (C=O) groups is 1. The number of ether oxygens (including phenoxy) is 1. The Morgan fingerprint density at radius 1 is 1.23 bits per heavy atom. The molecule has 31 heavy (non-hydrogen) atoms. The van der Waals surface area contributed by atoms with E-state index in [9.17, 15) is 13.6 Å². The highest BCUT2D eigenvalue weighted by Gasteiger charge is 2.20. The highest BCUT2D eigenvalue weighted by atomic mass is 19.3. The standard InChI is InChI=1S/C21H24F2N6O2/c1-28-7-9-29(10-8-28)19(30)15-4-2-14(3-5-15)16-12-25-18-17(16)13-26-21(27-18)24-6-11-31-20(22)23/h2-5,12-13,20H,6-11H2,1H3,(H2,24,25,26,27). The van der Waals surface area contributed by atoms with Gasteiger partial charge in [0.25, 0.3) is 5.91 Å². The van der Waals surface area contributed by atoms with Crippen molar-refractivity contribution in [1.29, 1.82) is 0 Å². The van der Waals surface area contributed by atoms with Crippen LogP contribution in [0.1, 0.15) is 10.4 Å². The van der Waals surface area contributed by atoms with Crippen LogP contribution in [0, 0.1) is 0 Å². The maximum absolute atomic E-state index is 12.7. The first-order valence-electron chi connectivity index (χ1n) is 10.1. The molecule has 164 valence electrons. The summed E-state index contributed by atoms with van der Waals surface area (Å²) in [6.45, 7) is 0.480. The molecule has 4 rings (SSSR count). The van der Waals surface area contributed by atoms with Crippen molar-refractivity contribution in [3.8, 4) is 11.1 Å². The van der Waals surface area contributed by atoms with Crippen molar-refractivity contribution in [3.05, 3.63) is 42.2 Å². The number of carbonyl (C=O) groups excluding carboxylic acids is 1. The highest BCUT2D eigenvalue weighted by Crippen LogP contribution is 2.28. The van der Waals surface area contributed by atoms with E-state index in [4.69, 9.17) is 0 Å². The summed E-state index contributed by atoms with van der Waals surface area (Å²) < 4.78 is 28.2. The van der Waals surface area contributed by atoms with Gasteiger partial charge in [-0.1, -0.05) is 12.1 Å². The van der Waals surface area contributed by atoms with Gasteiger partial charge in [0.05, 0.1) is 6.61 Å². The number of hydrogen-bond acceptors (Lipinski definition) is 6. The van der Waals surface area contributed by atoms with Crippen molar-refractivity contribution in [2.24, 2.45) is 0 Å². The molecule has 8 nitrogen and oxygen atoms in total. The van der Waals surface area contributed by atoms with Crippen molar-refractivity contribution >= 4 is 22.9 Å². The molecular weight excluding hydrogens is 406 g/mol. The van der Waals surface area contributed by atoms with Crippen molar-refractivity contribution in [2.75, 3.05) is 51.7 Å². The molecule has 0 bridgehead atoms. The molecule has 0 atom stereocenters. The number of aromatic amines is 1. The molecule has 3 aromatic rings. The van der Waals surface area contributed by atoms with E-state index in [0.717, 1.165) is 42.7 Å². The number of aromatic nitrogens is 3. The summed E-state index contributed by atoms with van der Waals surface area (Å²) in [5.41, 5.74) is 3.15. The summed E-state index contributed by atoms with van der Waals surface area (Å²) in [5.74, 6) is 0.375. The van der Waals surface area contributed by atoms with E-state index >= 15 is 0 Å². The Morgan fingerprint density at radius 3 is 2.68 bits per heavy atom. The van der Waals surface area contributed by atoms with Crippen LogP contribution in [0.3, 0.4) is 0 Å². The van der Waals surface area contributed by atoms with E-state index in [2.05, 4.69) is 37.0 Å². The Balaban J connectivity index is 1.44. The highest BCUT2D eigenvalue weighted by molar-refractivity contribution is 5.97. The smallest absolute Gasteiger partial charge is 0.345 e. The molecule has 0 aliphatic carbocycles. The number of anilines is 1. The first-order valence-corrected chi connectivity index (χ1v) is 10.1. The number of rotatable bonds is 7. The van der Waals surface area contributed by atoms with Crippen LogP contribution in [0.2, 0.25) is 0 Å². The number of H-pyrrole nitrogens is 1. The summed E-state index contributed by atoms with van der Waals surface area (Å²) in [7, 11) is 2.06. The summed E-state index contributed by atoms with van der Waals surface area (Å²) >= 11 is 0. The van der Waals surface area contributed by atoms with Crippen molar-refractivity contribution in [2.45, 2.75) is 6.61 Å². The van der Waals surface area contributed by atoms with Gasteiger partial charge < -0.3 is 24.8 Å². The predicted octanol–water partition coefficient (Wildman–Crippen LogP) is 2.66. The second kappa shape index (κ2) is 9.36. The fraction of sp³-hybridized carbons (Fsp3) is 0.381. The molecule has 1 fully saturated rings. The average molecular weight is 430 g/mol. The Labute approximate surface area is 178 Å². The SMILES string of the molecule is CN1CCN(C(=O)c2ccc(-c3c[nH]c4nc(NCCOC(F)F)ncc34)cc2)CC1. The Bertz CT molecular complexity index is 1030. The number of halogens is 2. The number of benzene rings is 1. The van der Waals surface area contributed by atoms with Gasteiger partial charge in [0.15, 0.2) is 0 Å². The van der Waals surface area contributed by atoms with E-state index in [-0.39, 0.29) is 19.1 Å². The number of likely N-dealkylation sites (N-methyl/N-ethyl adjacent to an activating group) is 1. The van der Waals surface area contributed by atoms with Gasteiger partial charge in [-0.05, 0) is 24.7 Å². The largest absolute Gasteiger partial charge is 0.352 e. The van der Waals surface area contributed by atoms with Gasteiger partial charge in [-0.2, -0.15) is 13.8 Å². The molecule has 0 saturated carbocycles. The van der Waals surface area contributed by atoms with E-state index < -0.39 is 6.61 Å². The fourth-order valence-corrected chi connectivity index (χ4v) is 3.53. The third-order valence-corrected chi connectivity index (χ3v) is 5.29. The fourth-order valence-electron chi connectivity index (χ4n) is 3.53. The second-order valence-corrected chi connectivity index (χ2v) is 7.39. The molecule has 0 unspecified atom stereocenters. The molecule has 0 radical (unpaired) electrons. The minimum atomic E-state index is -2.79. The zero-order valence-electron chi connectivity index (χ0n) is 17.1. The predicted molar refractivity (Wildman–Crippen MR) is 113 cm³/mol. The Morgan fingerprint density at radius 2 is 1.97 bits per heavy atom. The van der Waals surface area contributed by atoms with Gasteiger partial charge in [-0.15, -0.1) is 0 Å². The monoisotopic (exact) mass is 430 g/mol. The summed E-state index contributed by atoms with van der Waals surface area (Å²) in [5, 5.41) is 3.68. The lowest BCUT2D eigenvalue weighted by molar-refractivity contribution is -0.125. The molecule has 2 N–H and O–H groups in total. The number of hydrogen-bond donors (Lipinski definition) is 2. The third-order valence-electron chi connectivity index (χ3n) is 5.29. The van der Waals surface area contributed by atoms with Gasteiger partial charge in [-0.3, -0.25) is 4.79 Å². The number of piperazine rings is 1. The molecule has 1 saturated heterocycles. The maximum atomic E-state index is 12.7. The molecule has 1 amide bonds. The van der Waals surface area contributed by atoms with Gasteiger partial charge in [0.2, 0.25) is 5.95 Å². The van der Waals surface area contributed by atoms with Crippen LogP contribution in [0.25, 0.3) is 22.2 Å². The lowest BCUT2D eigenvalue weighted by Gasteiger charge is -2.32. The first-order chi connectivity index (χ1) is 15.0. The second-order valence-electron chi connectivity index (χ2n) is 7.39. The van der Waals surface area contributed by atoms with Gasteiger partial charge >= 0.3 is 6.61 Å². The zero-order valence-corrected chi connectivity index (χ0v) is 17.1. The van der Waals surface area contributed by atoms with E-state index in [1.54, 1.807) is 6.20 Å². The molecule has 1 aliphatic rings. The average Bonchev–Trinajstić information content (AvgIpc) is 3.20. The number of amides is 1. The van der Waals surface area contributed by atoms with Crippen molar-refractivity contribution < 1.29 is 18.3 Å². The quantitative estimate of drug-likeness (QED) is 0.561. The van der Waals surface area contributed by atoms with Gasteiger partial charge in [-0.25, -0.2) is 4.98 Å². The van der Waals surface area contributed by atoms with Crippen LogP contribution in [0.15, 0.2) is 36.7 Å². The van der Waals surface area contributed by atoms with E-state index in [0.29, 0.717) is 17.2 Å². The molecule has 1 aliphatic heterocycles. The minimum absolute atomic E-state index is 0.0495.